The molecule has 1 aromatic rings. The summed E-state index contributed by atoms with van der Waals surface area (Å²) in [6.07, 6.45) is 2.13. The van der Waals surface area contributed by atoms with E-state index < -0.39 is 5.54 Å². The van der Waals surface area contributed by atoms with Crippen molar-refractivity contribution in [3.05, 3.63) is 17.5 Å². The zero-order valence-electron chi connectivity index (χ0n) is 13.8. The van der Waals surface area contributed by atoms with Crippen molar-refractivity contribution in [2.45, 2.75) is 65.6 Å². The maximum absolute atomic E-state index is 12.7. The van der Waals surface area contributed by atoms with E-state index in [1.807, 2.05) is 31.5 Å². The zero-order valence-corrected chi connectivity index (χ0v) is 13.8. The fraction of sp³-hybridized carbons (Fsp3) is 0.750. The van der Waals surface area contributed by atoms with E-state index in [4.69, 9.17) is 4.74 Å². The molecular weight excluding hydrogens is 266 g/mol. The highest BCUT2D eigenvalue weighted by atomic mass is 16.5. The molecule has 21 heavy (non-hydrogen) atoms. The van der Waals surface area contributed by atoms with Crippen LogP contribution < -0.4 is 5.32 Å². The molecule has 5 nitrogen and oxygen atoms in total. The fourth-order valence-electron chi connectivity index (χ4n) is 3.01. The van der Waals surface area contributed by atoms with Crippen molar-refractivity contribution in [3.63, 3.8) is 0 Å². The zero-order chi connectivity index (χ0) is 15.6. The number of esters is 1. The van der Waals surface area contributed by atoms with Gasteiger partial charge in [-0.05, 0) is 59.4 Å². The summed E-state index contributed by atoms with van der Waals surface area (Å²) < 4.78 is 7.32. The Morgan fingerprint density at radius 2 is 2.19 bits per heavy atom. The second-order valence-corrected chi connectivity index (χ2v) is 6.35. The lowest BCUT2D eigenvalue weighted by Crippen LogP contribution is -2.60. The van der Waals surface area contributed by atoms with Crippen molar-refractivity contribution in [2.75, 3.05) is 6.61 Å². The SMILES string of the molecule is CCOC(=O)C(Cn1nc(C)cc1C)(NC(C)C)C1CC1. The van der Waals surface area contributed by atoms with Gasteiger partial charge in [0.15, 0.2) is 0 Å². The van der Waals surface area contributed by atoms with E-state index in [0.29, 0.717) is 19.1 Å². The first kappa shape index (κ1) is 16.0. The first-order chi connectivity index (χ1) is 9.89. The molecule has 1 N–H and O–H groups in total. The lowest BCUT2D eigenvalue weighted by Gasteiger charge is -2.35. The molecule has 1 heterocycles. The van der Waals surface area contributed by atoms with E-state index in [9.17, 15) is 4.79 Å². The van der Waals surface area contributed by atoms with Crippen LogP contribution in [-0.2, 0) is 16.1 Å². The smallest absolute Gasteiger partial charge is 0.328 e. The number of aromatic nitrogens is 2. The number of hydrogen-bond donors (Lipinski definition) is 1. The van der Waals surface area contributed by atoms with Gasteiger partial charge in [0.2, 0.25) is 0 Å². The largest absolute Gasteiger partial charge is 0.465 e. The number of rotatable bonds is 7. The lowest BCUT2D eigenvalue weighted by atomic mass is 9.91. The van der Waals surface area contributed by atoms with Gasteiger partial charge in [-0.2, -0.15) is 5.10 Å². The normalized spacial score (nSPS) is 17.8. The van der Waals surface area contributed by atoms with Gasteiger partial charge in [-0.1, -0.05) is 0 Å². The monoisotopic (exact) mass is 293 g/mol. The Morgan fingerprint density at radius 1 is 1.52 bits per heavy atom. The standard InChI is InChI=1S/C16H27N3O2/c1-6-21-15(20)16(14-7-8-14,17-11(2)3)10-19-13(5)9-12(4)18-19/h9,11,14,17H,6-8,10H2,1-5H3. The summed E-state index contributed by atoms with van der Waals surface area (Å²) in [6, 6.07) is 2.25. The van der Waals surface area contributed by atoms with Crippen LogP contribution in [-0.4, -0.2) is 33.9 Å². The fourth-order valence-corrected chi connectivity index (χ4v) is 3.01. The van der Waals surface area contributed by atoms with Gasteiger partial charge in [-0.25, -0.2) is 4.79 Å². The van der Waals surface area contributed by atoms with Crippen molar-refractivity contribution < 1.29 is 9.53 Å². The summed E-state index contributed by atoms with van der Waals surface area (Å²) >= 11 is 0. The molecule has 1 aliphatic carbocycles. The Labute approximate surface area is 127 Å². The number of ether oxygens (including phenoxy) is 1. The Bertz CT molecular complexity index is 506. The maximum atomic E-state index is 12.7. The average Bonchev–Trinajstić information content (AvgIpc) is 3.16. The molecule has 0 spiro atoms. The van der Waals surface area contributed by atoms with Crippen LogP contribution in [0.1, 0.15) is 45.0 Å². The van der Waals surface area contributed by atoms with Gasteiger partial charge in [-0.15, -0.1) is 0 Å². The Hall–Kier alpha value is -1.36. The number of nitrogens with one attached hydrogen (secondary N) is 1. The summed E-state index contributed by atoms with van der Waals surface area (Å²) in [4.78, 5) is 12.7. The Kier molecular flexibility index (Phi) is 4.71. The minimum atomic E-state index is -0.659. The minimum absolute atomic E-state index is 0.145. The molecule has 1 saturated carbocycles. The van der Waals surface area contributed by atoms with Gasteiger partial charge in [0.05, 0.1) is 18.8 Å². The van der Waals surface area contributed by atoms with Crippen molar-refractivity contribution in [1.82, 2.24) is 15.1 Å². The summed E-state index contributed by atoms with van der Waals surface area (Å²) in [5.41, 5.74) is 1.39. The van der Waals surface area contributed by atoms with Crippen molar-refractivity contribution in [1.29, 1.82) is 0 Å². The highest BCUT2D eigenvalue weighted by Gasteiger charge is 2.53. The maximum Gasteiger partial charge on any atom is 0.328 e. The third kappa shape index (κ3) is 3.46. The summed E-state index contributed by atoms with van der Waals surface area (Å²) in [7, 11) is 0. The highest BCUT2D eigenvalue weighted by molar-refractivity contribution is 5.82. The quantitative estimate of drug-likeness (QED) is 0.783. The molecule has 118 valence electrons. The van der Waals surface area contributed by atoms with Crippen LogP contribution in [0.4, 0.5) is 0 Å². The van der Waals surface area contributed by atoms with Gasteiger partial charge in [0, 0.05) is 11.7 Å². The van der Waals surface area contributed by atoms with Crippen LogP contribution in [0.5, 0.6) is 0 Å². The van der Waals surface area contributed by atoms with Gasteiger partial charge in [-0.3, -0.25) is 10.00 Å². The Balaban J connectivity index is 2.33. The molecule has 0 radical (unpaired) electrons. The molecule has 2 rings (SSSR count). The highest BCUT2D eigenvalue weighted by Crippen LogP contribution is 2.42. The van der Waals surface area contributed by atoms with Crippen LogP contribution in [0.2, 0.25) is 0 Å². The third-order valence-electron chi connectivity index (χ3n) is 3.96. The number of hydrogen-bond acceptors (Lipinski definition) is 4. The van der Waals surface area contributed by atoms with Gasteiger partial charge in [0.25, 0.3) is 0 Å². The molecule has 0 aliphatic heterocycles. The van der Waals surface area contributed by atoms with Crippen molar-refractivity contribution >= 4 is 5.97 Å². The molecule has 1 aliphatic rings. The van der Waals surface area contributed by atoms with E-state index in [1.54, 1.807) is 0 Å². The van der Waals surface area contributed by atoms with Crippen molar-refractivity contribution in [2.24, 2.45) is 5.92 Å². The van der Waals surface area contributed by atoms with Crippen LogP contribution in [0, 0.1) is 19.8 Å². The first-order valence-electron chi connectivity index (χ1n) is 7.85. The van der Waals surface area contributed by atoms with Crippen molar-refractivity contribution in [3.8, 4) is 0 Å². The van der Waals surface area contributed by atoms with Crippen LogP contribution in [0.3, 0.4) is 0 Å². The predicted molar refractivity (Wildman–Crippen MR) is 82.1 cm³/mol. The molecule has 1 atom stereocenters. The van der Waals surface area contributed by atoms with E-state index >= 15 is 0 Å². The van der Waals surface area contributed by atoms with Crippen LogP contribution in [0.25, 0.3) is 0 Å². The average molecular weight is 293 g/mol. The molecule has 1 fully saturated rings. The molecule has 0 saturated heterocycles. The summed E-state index contributed by atoms with van der Waals surface area (Å²) in [5, 5.41) is 8.01. The topological polar surface area (TPSA) is 56.2 Å². The molecule has 1 unspecified atom stereocenters. The summed E-state index contributed by atoms with van der Waals surface area (Å²) in [6.45, 7) is 10.9. The second-order valence-electron chi connectivity index (χ2n) is 6.35. The van der Waals surface area contributed by atoms with Crippen LogP contribution in [0.15, 0.2) is 6.07 Å². The molecule has 0 amide bonds. The first-order valence-corrected chi connectivity index (χ1v) is 7.85. The third-order valence-corrected chi connectivity index (χ3v) is 3.96. The van der Waals surface area contributed by atoms with Gasteiger partial charge < -0.3 is 4.74 Å². The van der Waals surface area contributed by atoms with E-state index in [2.05, 4.69) is 24.3 Å². The minimum Gasteiger partial charge on any atom is -0.465 e. The Morgan fingerprint density at radius 3 is 2.62 bits per heavy atom. The van der Waals surface area contributed by atoms with E-state index in [1.165, 1.54) is 0 Å². The predicted octanol–water partition coefficient (Wildman–Crippen LogP) is 2.21. The second kappa shape index (κ2) is 6.18. The number of carbonyl (C=O) groups is 1. The lowest BCUT2D eigenvalue weighted by molar-refractivity contribution is -0.153. The van der Waals surface area contributed by atoms with E-state index in [-0.39, 0.29) is 12.0 Å². The molecular formula is C16H27N3O2. The molecule has 1 aromatic heterocycles. The molecule has 5 heteroatoms. The van der Waals surface area contributed by atoms with Gasteiger partial charge >= 0.3 is 5.97 Å². The summed E-state index contributed by atoms with van der Waals surface area (Å²) in [5.74, 6) is 0.191. The number of carbonyl (C=O) groups excluding carboxylic acids is 1. The van der Waals surface area contributed by atoms with E-state index in [0.717, 1.165) is 24.2 Å². The molecule has 0 bridgehead atoms. The molecule has 0 aromatic carbocycles. The number of nitrogens with zero attached hydrogens (tertiary/aromatic N) is 2. The van der Waals surface area contributed by atoms with Crippen LogP contribution >= 0.6 is 0 Å². The van der Waals surface area contributed by atoms with Gasteiger partial charge in [0.1, 0.15) is 5.54 Å². The number of aryl methyl sites for hydroxylation is 2.